The molecular weight excluding hydrogens is 445 g/mol. The molecular formula is C14H14FN4ORe-. The number of fused-ring (bicyclic) bond motifs is 1. The van der Waals surface area contributed by atoms with E-state index in [1.54, 1.807) is 6.07 Å². The molecule has 5 nitrogen and oxygen atoms in total. The van der Waals surface area contributed by atoms with Gasteiger partial charge in [-0.05, 0) is 18.1 Å². The number of hydrogen-bond acceptors (Lipinski definition) is 2. The van der Waals surface area contributed by atoms with Crippen LogP contribution in [0.25, 0.3) is 10.9 Å². The topological polar surface area (TPSA) is 59.3 Å². The fourth-order valence-electron chi connectivity index (χ4n) is 2.32. The predicted molar refractivity (Wildman–Crippen MR) is 74.0 cm³/mol. The molecule has 0 bridgehead atoms. The normalized spacial score (nSPS) is 15.0. The van der Waals surface area contributed by atoms with Crippen LogP contribution in [0.5, 0.6) is 0 Å². The van der Waals surface area contributed by atoms with Gasteiger partial charge in [-0.1, -0.05) is 19.6 Å². The monoisotopic (exact) mass is 460 g/mol. The van der Waals surface area contributed by atoms with Crippen LogP contribution in [0, 0.1) is 5.82 Å². The number of hydrogen-bond donors (Lipinski definition) is 1. The second-order valence-electron chi connectivity index (χ2n) is 4.77. The number of aromatic nitrogens is 2. The summed E-state index contributed by atoms with van der Waals surface area (Å²) in [5, 5.41) is 11.3. The Morgan fingerprint density at radius 3 is 2.95 bits per heavy atom. The number of carbonyl (C=O) groups is 1. The first-order valence-electron chi connectivity index (χ1n) is 6.48. The third kappa shape index (κ3) is 2.71. The van der Waals surface area contributed by atoms with Gasteiger partial charge >= 0.3 is 6.03 Å². The number of rotatable bonds is 2. The number of amides is 2. The molecule has 21 heavy (non-hydrogen) atoms. The molecule has 0 atom stereocenters. The van der Waals surface area contributed by atoms with Crippen molar-refractivity contribution in [1.29, 1.82) is 0 Å². The minimum absolute atomic E-state index is 0. The average molecular weight is 459 g/mol. The first-order valence-corrected chi connectivity index (χ1v) is 6.48. The van der Waals surface area contributed by atoms with Gasteiger partial charge in [0, 0.05) is 44.5 Å². The van der Waals surface area contributed by atoms with Crippen LogP contribution in [-0.2, 0) is 26.8 Å². The second kappa shape index (κ2) is 5.96. The molecule has 1 fully saturated rings. The summed E-state index contributed by atoms with van der Waals surface area (Å²) in [4.78, 5) is 13.4. The van der Waals surface area contributed by atoms with Crippen molar-refractivity contribution in [3.63, 3.8) is 0 Å². The molecule has 0 unspecified atom stereocenters. The Hall–Kier alpha value is -1.71. The van der Waals surface area contributed by atoms with Crippen molar-refractivity contribution in [3.05, 3.63) is 35.8 Å². The summed E-state index contributed by atoms with van der Waals surface area (Å²) in [5.41, 5.74) is 1.88. The fourth-order valence-corrected chi connectivity index (χ4v) is 2.32. The molecule has 0 spiro atoms. The van der Waals surface area contributed by atoms with Crippen molar-refractivity contribution in [3.8, 4) is 0 Å². The summed E-state index contributed by atoms with van der Waals surface area (Å²) in [5.74, 6) is 0.101. The van der Waals surface area contributed by atoms with Crippen LogP contribution in [0.15, 0.2) is 24.4 Å². The number of aryl methyl sites for hydroxylation is 1. The minimum atomic E-state index is -0.303. The molecule has 1 aliphatic rings. The van der Waals surface area contributed by atoms with E-state index in [-0.39, 0.29) is 32.3 Å². The summed E-state index contributed by atoms with van der Waals surface area (Å²) in [6.45, 7) is 6.07. The second-order valence-corrected chi connectivity index (χ2v) is 4.77. The molecule has 1 aromatic heterocycles. The summed E-state index contributed by atoms with van der Waals surface area (Å²) < 4.78 is 13.9. The Morgan fingerprint density at radius 1 is 1.52 bits per heavy atom. The molecule has 2 aromatic rings. The average Bonchev–Trinajstić information content (AvgIpc) is 2.80. The molecule has 1 radical (unpaired) electrons. The molecule has 1 aliphatic heterocycles. The molecule has 3 rings (SSSR count). The number of anilines is 1. The van der Waals surface area contributed by atoms with E-state index in [0.717, 1.165) is 0 Å². The van der Waals surface area contributed by atoms with E-state index in [4.69, 9.17) is 0 Å². The summed E-state index contributed by atoms with van der Waals surface area (Å²) in [6.07, 6.45) is 1.23. The predicted octanol–water partition coefficient (Wildman–Crippen LogP) is 2.32. The number of carbonyl (C=O) groups excluding carboxylic acids is 1. The van der Waals surface area contributed by atoms with E-state index < -0.39 is 0 Å². The molecule has 0 saturated carbocycles. The van der Waals surface area contributed by atoms with Gasteiger partial charge in [-0.2, -0.15) is 0 Å². The van der Waals surface area contributed by atoms with Crippen LogP contribution in [-0.4, -0.2) is 17.7 Å². The van der Waals surface area contributed by atoms with E-state index in [0.29, 0.717) is 47.4 Å². The van der Waals surface area contributed by atoms with Crippen LogP contribution in [0.1, 0.15) is 18.9 Å². The smallest absolute Gasteiger partial charge is 0.327 e. The van der Waals surface area contributed by atoms with Crippen LogP contribution in [0.3, 0.4) is 0 Å². The number of nitrogens with one attached hydrogen (secondary N) is 1. The number of nitrogens with zero attached hydrogens (tertiary/aromatic N) is 3. The Kier molecular flexibility index (Phi) is 4.45. The Bertz CT molecular complexity index is 712. The van der Waals surface area contributed by atoms with Gasteiger partial charge in [0.15, 0.2) is 0 Å². The number of benzene rings is 1. The molecule has 1 N–H and O–H groups in total. The zero-order chi connectivity index (χ0) is 14.3. The van der Waals surface area contributed by atoms with Gasteiger partial charge in [0.1, 0.15) is 11.6 Å². The van der Waals surface area contributed by atoms with Crippen molar-refractivity contribution >= 4 is 22.8 Å². The SMILES string of the molecule is C=C1CCN(c2n[n-]c3cc(CC)c(F)cc23)C(=O)N1.[Re]. The van der Waals surface area contributed by atoms with Crippen LogP contribution in [0.2, 0.25) is 0 Å². The van der Waals surface area contributed by atoms with Crippen molar-refractivity contribution in [1.82, 2.24) is 15.5 Å². The van der Waals surface area contributed by atoms with Crippen molar-refractivity contribution in [2.45, 2.75) is 19.8 Å². The quantitative estimate of drug-likeness (QED) is 0.750. The summed E-state index contributed by atoms with van der Waals surface area (Å²) >= 11 is 0. The maximum absolute atomic E-state index is 13.9. The first-order chi connectivity index (χ1) is 9.60. The Labute approximate surface area is 135 Å². The van der Waals surface area contributed by atoms with Gasteiger partial charge in [0.25, 0.3) is 0 Å². The maximum Gasteiger partial charge on any atom is 0.327 e. The molecule has 111 valence electrons. The molecule has 0 aliphatic carbocycles. The minimum Gasteiger partial charge on any atom is -0.573 e. The standard InChI is InChI=1S/C14H15FN4O.Re/c1-3-9-6-12-10(7-11(9)15)13(18-17-12)19-5-4-8(2)16-14(19)20;/h6-7H,2-5H2,1H3,(H2,16,17,18,20);/p-1. The van der Waals surface area contributed by atoms with Gasteiger partial charge < -0.3 is 15.5 Å². The van der Waals surface area contributed by atoms with Crippen LogP contribution >= 0.6 is 0 Å². The van der Waals surface area contributed by atoms with E-state index in [1.807, 2.05) is 6.92 Å². The largest absolute Gasteiger partial charge is 0.573 e. The van der Waals surface area contributed by atoms with Crippen molar-refractivity contribution in [2.75, 3.05) is 11.4 Å². The van der Waals surface area contributed by atoms with E-state index in [9.17, 15) is 9.18 Å². The maximum atomic E-state index is 13.9. The first kappa shape index (κ1) is 15.7. The third-order valence-electron chi connectivity index (χ3n) is 3.46. The summed E-state index contributed by atoms with van der Waals surface area (Å²) in [7, 11) is 0. The van der Waals surface area contributed by atoms with Crippen LogP contribution in [0.4, 0.5) is 15.0 Å². The van der Waals surface area contributed by atoms with Crippen molar-refractivity contribution < 1.29 is 29.6 Å². The molecule has 7 heteroatoms. The van der Waals surface area contributed by atoms with Gasteiger partial charge in [0.05, 0.1) is 0 Å². The molecule has 1 saturated heterocycles. The zero-order valence-corrected chi connectivity index (χ0v) is 14.2. The van der Waals surface area contributed by atoms with Crippen molar-refractivity contribution in [2.24, 2.45) is 0 Å². The molecule has 1 aromatic carbocycles. The van der Waals surface area contributed by atoms with E-state index in [1.165, 1.54) is 11.0 Å². The molecule has 2 heterocycles. The van der Waals surface area contributed by atoms with Gasteiger partial charge in [-0.3, -0.25) is 4.90 Å². The van der Waals surface area contributed by atoms with Crippen LogP contribution < -0.4 is 15.3 Å². The Morgan fingerprint density at radius 2 is 2.29 bits per heavy atom. The van der Waals surface area contributed by atoms with E-state index in [2.05, 4.69) is 22.1 Å². The zero-order valence-electron chi connectivity index (χ0n) is 11.5. The third-order valence-corrected chi connectivity index (χ3v) is 3.46. The Balaban J connectivity index is 0.00000161. The number of urea groups is 1. The van der Waals surface area contributed by atoms with Gasteiger partial charge in [-0.15, -0.1) is 5.52 Å². The van der Waals surface area contributed by atoms with E-state index >= 15 is 0 Å². The van der Waals surface area contributed by atoms with Gasteiger partial charge in [-0.25, -0.2) is 9.18 Å². The summed E-state index contributed by atoms with van der Waals surface area (Å²) in [6, 6.07) is 2.78. The number of halogens is 1. The molecule has 2 amide bonds. The fraction of sp³-hybridized carbons (Fsp3) is 0.286. The van der Waals surface area contributed by atoms with Gasteiger partial charge in [0.2, 0.25) is 0 Å².